The van der Waals surface area contributed by atoms with Gasteiger partial charge in [-0.3, -0.25) is 0 Å². The number of hydrogen-bond donors (Lipinski definition) is 3. The van der Waals surface area contributed by atoms with E-state index >= 15 is 0 Å². The van der Waals surface area contributed by atoms with Gasteiger partial charge in [0.15, 0.2) is 0 Å². The van der Waals surface area contributed by atoms with E-state index in [2.05, 4.69) is 36.6 Å². The van der Waals surface area contributed by atoms with E-state index in [-0.39, 0.29) is 17.6 Å². The van der Waals surface area contributed by atoms with Gasteiger partial charge in [-0.1, -0.05) is 44.0 Å². The van der Waals surface area contributed by atoms with Crippen molar-refractivity contribution in [2.45, 2.75) is 56.7 Å². The zero-order valence-corrected chi connectivity index (χ0v) is 15.6. The van der Waals surface area contributed by atoms with Crippen molar-refractivity contribution in [3.8, 4) is 0 Å². The number of aliphatic hydroxyl groups is 1. The maximum absolute atomic E-state index is 12.5. The Morgan fingerprint density at radius 1 is 1.36 bits per heavy atom. The zero-order chi connectivity index (χ0) is 18.0. The number of hydrogen-bond acceptors (Lipinski definition) is 3. The molecule has 0 radical (unpaired) electrons. The molecule has 0 spiro atoms. The van der Waals surface area contributed by atoms with E-state index in [4.69, 9.17) is 0 Å². The third-order valence-corrected chi connectivity index (χ3v) is 6.08. The molecule has 5 heteroatoms. The van der Waals surface area contributed by atoms with Crippen LogP contribution in [0, 0.1) is 5.92 Å². The number of rotatable bonds is 4. The lowest BCUT2D eigenvalue weighted by molar-refractivity contribution is 0.0766. The third-order valence-electron chi connectivity index (χ3n) is 6.08. The Morgan fingerprint density at radius 3 is 2.84 bits per heavy atom. The molecule has 3 rings (SSSR count). The summed E-state index contributed by atoms with van der Waals surface area (Å²) in [6, 6.07) is 7.41. The van der Waals surface area contributed by atoms with Gasteiger partial charge in [-0.05, 0) is 44.0 Å². The number of fused-ring (bicyclic) bond motifs is 1. The molecule has 5 nitrogen and oxygen atoms in total. The summed E-state index contributed by atoms with van der Waals surface area (Å²) < 4.78 is 0. The van der Waals surface area contributed by atoms with Crippen LogP contribution in [-0.2, 0) is 6.42 Å². The molecule has 138 valence electrons. The van der Waals surface area contributed by atoms with Crippen LogP contribution in [0.3, 0.4) is 0 Å². The zero-order valence-electron chi connectivity index (χ0n) is 15.6. The summed E-state index contributed by atoms with van der Waals surface area (Å²) in [6.07, 6.45) is 4.74. The fourth-order valence-corrected chi connectivity index (χ4v) is 4.54. The Labute approximate surface area is 150 Å². The molecule has 2 aliphatic rings. The van der Waals surface area contributed by atoms with Gasteiger partial charge in [-0.2, -0.15) is 0 Å². The lowest BCUT2D eigenvalue weighted by atomic mass is 9.75. The maximum atomic E-state index is 12.5. The van der Waals surface area contributed by atoms with Crippen LogP contribution in [0.2, 0.25) is 0 Å². The minimum absolute atomic E-state index is 0.0290. The first kappa shape index (κ1) is 18.2. The van der Waals surface area contributed by atoms with Crippen molar-refractivity contribution in [2.24, 2.45) is 5.92 Å². The summed E-state index contributed by atoms with van der Waals surface area (Å²) in [5, 5.41) is 16.3. The number of carbonyl (C=O) groups excluding carboxylic acids is 1. The van der Waals surface area contributed by atoms with Crippen molar-refractivity contribution in [2.75, 3.05) is 20.6 Å². The first-order valence-electron chi connectivity index (χ1n) is 9.39. The molecule has 0 saturated heterocycles. The van der Waals surface area contributed by atoms with Gasteiger partial charge in [0.25, 0.3) is 0 Å². The number of likely N-dealkylation sites (N-methyl/N-ethyl adjacent to an activating group) is 1. The van der Waals surface area contributed by atoms with Crippen LogP contribution in [0.15, 0.2) is 24.3 Å². The first-order chi connectivity index (χ1) is 11.9. The minimum Gasteiger partial charge on any atom is -0.390 e. The molecule has 3 N–H and O–H groups in total. The summed E-state index contributed by atoms with van der Waals surface area (Å²) in [7, 11) is 4.21. The third kappa shape index (κ3) is 3.82. The van der Waals surface area contributed by atoms with Gasteiger partial charge in [-0.15, -0.1) is 0 Å². The highest BCUT2D eigenvalue weighted by atomic mass is 16.3. The van der Waals surface area contributed by atoms with Gasteiger partial charge in [0, 0.05) is 18.5 Å². The number of aliphatic hydroxyl groups excluding tert-OH is 1. The van der Waals surface area contributed by atoms with Gasteiger partial charge < -0.3 is 20.6 Å². The van der Waals surface area contributed by atoms with Crippen molar-refractivity contribution in [1.29, 1.82) is 0 Å². The van der Waals surface area contributed by atoms with Crippen LogP contribution in [0.4, 0.5) is 4.79 Å². The summed E-state index contributed by atoms with van der Waals surface area (Å²) in [5.74, 6) is 0.685. The molecule has 0 heterocycles. The Morgan fingerprint density at radius 2 is 2.12 bits per heavy atom. The molecule has 1 aromatic carbocycles. The quantitative estimate of drug-likeness (QED) is 0.785. The SMILES string of the molecule is CC1CCCC(CNC(=O)N[C@@H]2c3ccccc3C[C@@H]2O)(N(C)C)C1. The molecule has 1 saturated carbocycles. The second-order valence-electron chi connectivity index (χ2n) is 8.10. The Bertz CT molecular complexity index is 619. The molecular formula is C20H31N3O2. The van der Waals surface area contributed by atoms with Crippen molar-refractivity contribution in [3.63, 3.8) is 0 Å². The average Bonchev–Trinajstić information content (AvgIpc) is 2.89. The van der Waals surface area contributed by atoms with Gasteiger partial charge in [0.2, 0.25) is 0 Å². The molecule has 0 bridgehead atoms. The van der Waals surface area contributed by atoms with Crippen molar-refractivity contribution in [1.82, 2.24) is 15.5 Å². The number of nitrogens with one attached hydrogen (secondary N) is 2. The molecule has 2 amide bonds. The second kappa shape index (κ2) is 7.34. The molecule has 25 heavy (non-hydrogen) atoms. The highest BCUT2D eigenvalue weighted by molar-refractivity contribution is 5.75. The fourth-order valence-electron chi connectivity index (χ4n) is 4.54. The molecule has 0 aromatic heterocycles. The summed E-state index contributed by atoms with van der Waals surface area (Å²) in [6.45, 7) is 2.93. The maximum Gasteiger partial charge on any atom is 0.315 e. The summed E-state index contributed by atoms with van der Waals surface area (Å²) in [5.41, 5.74) is 2.17. The molecule has 4 atom stereocenters. The summed E-state index contributed by atoms with van der Waals surface area (Å²) in [4.78, 5) is 14.8. The largest absolute Gasteiger partial charge is 0.390 e. The van der Waals surface area contributed by atoms with Crippen LogP contribution in [0.5, 0.6) is 0 Å². The number of benzene rings is 1. The van der Waals surface area contributed by atoms with Gasteiger partial charge in [0.05, 0.1) is 12.1 Å². The number of urea groups is 1. The van der Waals surface area contributed by atoms with Crippen LogP contribution < -0.4 is 10.6 Å². The van der Waals surface area contributed by atoms with Gasteiger partial charge >= 0.3 is 6.03 Å². The van der Waals surface area contributed by atoms with E-state index in [9.17, 15) is 9.90 Å². The monoisotopic (exact) mass is 345 g/mol. The Balaban J connectivity index is 1.61. The highest BCUT2D eigenvalue weighted by Gasteiger charge is 2.38. The summed E-state index contributed by atoms with van der Waals surface area (Å²) >= 11 is 0. The van der Waals surface area contributed by atoms with Crippen LogP contribution in [-0.4, -0.2) is 48.3 Å². The Kier molecular flexibility index (Phi) is 5.35. The van der Waals surface area contributed by atoms with E-state index in [0.717, 1.165) is 24.0 Å². The van der Waals surface area contributed by atoms with Gasteiger partial charge in [-0.25, -0.2) is 4.79 Å². The Hall–Kier alpha value is -1.59. The molecular weight excluding hydrogens is 314 g/mol. The number of carbonyl (C=O) groups is 1. The van der Waals surface area contributed by atoms with Crippen LogP contribution in [0.1, 0.15) is 49.8 Å². The van der Waals surface area contributed by atoms with Crippen LogP contribution >= 0.6 is 0 Å². The normalized spacial score (nSPS) is 31.6. The second-order valence-corrected chi connectivity index (χ2v) is 8.10. The fraction of sp³-hybridized carbons (Fsp3) is 0.650. The molecule has 2 aliphatic carbocycles. The molecule has 1 fully saturated rings. The standard InChI is InChI=1S/C20H31N3O2/c1-14-7-6-10-20(12-14,23(2)3)13-21-19(25)22-18-16-9-5-4-8-15(16)11-17(18)24/h4-5,8-9,14,17-18,24H,6-7,10-13H2,1-3H3,(H2,21,22,25)/t14?,17-,18+,20?/m0/s1. The van der Waals surface area contributed by atoms with Crippen molar-refractivity contribution < 1.29 is 9.90 Å². The van der Waals surface area contributed by atoms with Crippen molar-refractivity contribution >= 4 is 6.03 Å². The lowest BCUT2D eigenvalue weighted by Gasteiger charge is -2.45. The van der Waals surface area contributed by atoms with E-state index in [1.807, 2.05) is 24.3 Å². The number of nitrogens with zero attached hydrogens (tertiary/aromatic N) is 1. The molecule has 1 aromatic rings. The van der Waals surface area contributed by atoms with E-state index < -0.39 is 6.10 Å². The minimum atomic E-state index is -0.555. The van der Waals surface area contributed by atoms with Gasteiger partial charge in [0.1, 0.15) is 0 Å². The van der Waals surface area contributed by atoms with E-state index in [0.29, 0.717) is 18.9 Å². The smallest absolute Gasteiger partial charge is 0.315 e. The van der Waals surface area contributed by atoms with E-state index in [1.165, 1.54) is 12.8 Å². The predicted octanol–water partition coefficient (Wildman–Crippen LogP) is 2.45. The number of amides is 2. The van der Waals surface area contributed by atoms with Crippen molar-refractivity contribution in [3.05, 3.63) is 35.4 Å². The lowest BCUT2D eigenvalue weighted by Crippen LogP contribution is -2.56. The molecule has 2 unspecified atom stereocenters. The highest BCUT2D eigenvalue weighted by Crippen LogP contribution is 2.35. The first-order valence-corrected chi connectivity index (χ1v) is 9.39. The topological polar surface area (TPSA) is 64.6 Å². The van der Waals surface area contributed by atoms with E-state index in [1.54, 1.807) is 0 Å². The van der Waals surface area contributed by atoms with Crippen LogP contribution in [0.25, 0.3) is 0 Å². The molecule has 0 aliphatic heterocycles. The predicted molar refractivity (Wildman–Crippen MR) is 99.5 cm³/mol. The average molecular weight is 345 g/mol.